The monoisotopic (exact) mass is 979 g/mol. The number of hydrogen-bond acceptors (Lipinski definition) is 11. The summed E-state index contributed by atoms with van der Waals surface area (Å²) in [5.74, 6) is -0.487. The molecule has 0 radical (unpaired) electrons. The molecule has 68 heavy (non-hydrogen) atoms. The van der Waals surface area contributed by atoms with Gasteiger partial charge in [0.15, 0.2) is 0 Å². The van der Waals surface area contributed by atoms with Crippen LogP contribution < -0.4 is 0 Å². The van der Waals surface area contributed by atoms with Crippen LogP contribution in [0.25, 0.3) is 0 Å². The smallest absolute Gasteiger partial charge is 0.457 e. The summed E-state index contributed by atoms with van der Waals surface area (Å²) < 4.78 is 34.3. The highest BCUT2D eigenvalue weighted by atomic mass is 31.2. The Bertz CT molecular complexity index is 1440. The molecule has 6 atom stereocenters. The molecule has 1 aliphatic carbocycles. The molecule has 6 unspecified atom stereocenters. The molecule has 1 fully saturated rings. The van der Waals surface area contributed by atoms with Crippen LogP contribution in [0.5, 0.6) is 0 Å². The zero-order valence-corrected chi connectivity index (χ0v) is 43.0. The molecule has 0 spiro atoms. The summed E-state index contributed by atoms with van der Waals surface area (Å²) >= 11 is 0. The van der Waals surface area contributed by atoms with Gasteiger partial charge in [0, 0.05) is 13.0 Å². The SMILES string of the molecule is CC/C=C\C/C=C\C/C=C\C/C=C\CCCCCCCCCCCCC(=O)OC(COCCCCCCCCCC/C=C\C/C=C\C/C=C\CC)COP(=O)(O)OC1C(O)C(O)C(O)C(O)C1O. The van der Waals surface area contributed by atoms with Gasteiger partial charge >= 0.3 is 13.8 Å². The molecule has 392 valence electrons. The lowest BCUT2D eigenvalue weighted by molar-refractivity contribution is -0.220. The van der Waals surface area contributed by atoms with Crippen molar-refractivity contribution in [2.75, 3.05) is 19.8 Å². The summed E-state index contributed by atoms with van der Waals surface area (Å²) in [5.41, 5.74) is 0. The zero-order valence-electron chi connectivity index (χ0n) is 42.1. The van der Waals surface area contributed by atoms with Gasteiger partial charge in [-0.25, -0.2) is 4.57 Å². The number of aliphatic hydroxyl groups is 5. The van der Waals surface area contributed by atoms with Crippen LogP contribution in [-0.4, -0.2) is 98.9 Å². The van der Waals surface area contributed by atoms with Crippen LogP contribution >= 0.6 is 7.82 Å². The van der Waals surface area contributed by atoms with Gasteiger partial charge in [0.05, 0.1) is 13.2 Å². The van der Waals surface area contributed by atoms with E-state index in [2.05, 4.69) is 98.9 Å². The highest BCUT2D eigenvalue weighted by molar-refractivity contribution is 7.47. The molecule has 0 bridgehead atoms. The van der Waals surface area contributed by atoms with Crippen LogP contribution in [0.3, 0.4) is 0 Å². The summed E-state index contributed by atoms with van der Waals surface area (Å²) in [4.78, 5) is 23.3. The molecule has 0 aromatic carbocycles. The molecular weight excluding hydrogens is 884 g/mol. The highest BCUT2D eigenvalue weighted by Gasteiger charge is 2.51. The van der Waals surface area contributed by atoms with E-state index < -0.39 is 63.1 Å². The van der Waals surface area contributed by atoms with Gasteiger partial charge in [0.2, 0.25) is 0 Å². The number of phosphoric ester groups is 1. The van der Waals surface area contributed by atoms with Crippen molar-refractivity contribution in [3.05, 3.63) is 85.1 Å². The van der Waals surface area contributed by atoms with Crippen molar-refractivity contribution in [1.29, 1.82) is 0 Å². The second-order valence-corrected chi connectivity index (χ2v) is 19.4. The van der Waals surface area contributed by atoms with Gasteiger partial charge in [0.1, 0.15) is 42.7 Å². The van der Waals surface area contributed by atoms with Gasteiger partial charge in [-0.05, 0) is 83.5 Å². The lowest BCUT2D eigenvalue weighted by atomic mass is 9.85. The minimum atomic E-state index is -5.03. The van der Waals surface area contributed by atoms with E-state index in [1.54, 1.807) is 0 Å². The maximum Gasteiger partial charge on any atom is 0.472 e. The average Bonchev–Trinajstić information content (AvgIpc) is 3.32. The Labute approximate surface area is 412 Å². The van der Waals surface area contributed by atoms with Crippen molar-refractivity contribution >= 4 is 13.8 Å². The van der Waals surface area contributed by atoms with Crippen molar-refractivity contribution in [3.63, 3.8) is 0 Å². The molecule has 0 aliphatic heterocycles. The minimum absolute atomic E-state index is 0.0878. The number of esters is 1. The summed E-state index contributed by atoms with van der Waals surface area (Å²) in [5, 5.41) is 50.4. The fraction of sp³-hybridized carbons (Fsp3) is 0.727. The number of ether oxygens (including phenoxy) is 2. The Balaban J connectivity index is 2.33. The average molecular weight is 979 g/mol. The van der Waals surface area contributed by atoms with E-state index in [-0.39, 0.29) is 13.0 Å². The second-order valence-electron chi connectivity index (χ2n) is 18.0. The molecule has 0 saturated heterocycles. The van der Waals surface area contributed by atoms with Crippen molar-refractivity contribution in [3.8, 4) is 0 Å². The topological polar surface area (TPSA) is 192 Å². The number of hydrogen-bond donors (Lipinski definition) is 6. The summed E-state index contributed by atoms with van der Waals surface area (Å²) in [6.07, 6.45) is 47.8. The quantitative estimate of drug-likeness (QED) is 0.0147. The molecule has 1 rings (SSSR count). The first-order chi connectivity index (χ1) is 33.0. The predicted molar refractivity (Wildman–Crippen MR) is 276 cm³/mol. The standard InChI is InChI=1S/C55H95O12P/c1-3-5-7-9-11-13-15-17-19-21-23-24-25-26-27-28-30-32-34-36-38-40-42-44-49(56)66-48(47-65-68(62,63)67-55-53(60)51(58)50(57)52(59)54(55)61)46-64-45-43-41-39-37-35-33-31-29-22-20-18-16-14-12-10-8-6-4-2/h5-8,11-14,17-20,23-24,48,50-55,57-61H,3-4,9-10,15-16,21-22,25-47H2,1-2H3,(H,62,63)/b7-5-,8-6-,13-11-,14-12-,19-17-,20-18-,24-23-. The molecule has 13 heteroatoms. The van der Waals surface area contributed by atoms with Crippen molar-refractivity contribution < 1.29 is 58.3 Å². The van der Waals surface area contributed by atoms with Gasteiger partial charge in [0.25, 0.3) is 0 Å². The van der Waals surface area contributed by atoms with E-state index in [0.29, 0.717) is 13.0 Å². The normalized spacial score (nSPS) is 21.8. The molecule has 1 aliphatic rings. The van der Waals surface area contributed by atoms with E-state index >= 15 is 0 Å². The zero-order chi connectivity index (χ0) is 49.8. The Morgan fingerprint density at radius 2 is 0.824 bits per heavy atom. The van der Waals surface area contributed by atoms with E-state index in [4.69, 9.17) is 18.5 Å². The van der Waals surface area contributed by atoms with Crippen molar-refractivity contribution in [2.24, 2.45) is 0 Å². The number of allylic oxidation sites excluding steroid dienone is 14. The lowest BCUT2D eigenvalue weighted by Gasteiger charge is -2.41. The fourth-order valence-corrected chi connectivity index (χ4v) is 8.63. The third-order valence-electron chi connectivity index (χ3n) is 11.8. The van der Waals surface area contributed by atoms with E-state index in [1.807, 2.05) is 0 Å². The third-order valence-corrected chi connectivity index (χ3v) is 12.7. The predicted octanol–water partition coefficient (Wildman–Crippen LogP) is 12.1. The van der Waals surface area contributed by atoms with Crippen molar-refractivity contribution in [1.82, 2.24) is 0 Å². The van der Waals surface area contributed by atoms with Crippen LogP contribution in [0.1, 0.15) is 194 Å². The number of carbonyl (C=O) groups excluding carboxylic acids is 1. The van der Waals surface area contributed by atoms with Crippen LogP contribution in [0.15, 0.2) is 85.1 Å². The Kier molecular flexibility index (Phi) is 41.5. The molecule has 12 nitrogen and oxygen atoms in total. The molecule has 0 amide bonds. The van der Waals surface area contributed by atoms with Gasteiger partial charge < -0.3 is 39.9 Å². The number of rotatable bonds is 44. The maximum atomic E-state index is 12.9. The molecule has 0 heterocycles. The van der Waals surface area contributed by atoms with Crippen LogP contribution in [0, 0.1) is 0 Å². The third kappa shape index (κ3) is 35.6. The minimum Gasteiger partial charge on any atom is -0.457 e. The molecule has 0 aromatic rings. The van der Waals surface area contributed by atoms with E-state index in [1.165, 1.54) is 64.2 Å². The fourth-order valence-electron chi connectivity index (χ4n) is 7.66. The highest BCUT2D eigenvalue weighted by Crippen LogP contribution is 2.47. The van der Waals surface area contributed by atoms with E-state index in [0.717, 1.165) is 103 Å². The first-order valence-electron chi connectivity index (χ1n) is 26.4. The molecule has 0 aromatic heterocycles. The van der Waals surface area contributed by atoms with Crippen LogP contribution in [-0.2, 0) is 27.9 Å². The maximum absolute atomic E-state index is 12.9. The van der Waals surface area contributed by atoms with Gasteiger partial charge in [-0.3, -0.25) is 13.8 Å². The summed E-state index contributed by atoms with van der Waals surface area (Å²) in [6, 6.07) is 0. The first kappa shape index (κ1) is 63.5. The molecule has 1 saturated carbocycles. The van der Waals surface area contributed by atoms with Crippen LogP contribution in [0.4, 0.5) is 0 Å². The number of phosphoric acid groups is 1. The van der Waals surface area contributed by atoms with Gasteiger partial charge in [-0.15, -0.1) is 0 Å². The Morgan fingerprint density at radius 3 is 1.25 bits per heavy atom. The number of carbonyl (C=O) groups is 1. The number of aliphatic hydroxyl groups excluding tert-OH is 5. The van der Waals surface area contributed by atoms with Crippen LogP contribution in [0.2, 0.25) is 0 Å². The van der Waals surface area contributed by atoms with Gasteiger partial charge in [-0.2, -0.15) is 0 Å². The Hall–Kier alpha value is -2.48. The molecule has 6 N–H and O–H groups in total. The second kappa shape index (κ2) is 44.5. The summed E-state index contributed by atoms with van der Waals surface area (Å²) in [7, 11) is -5.03. The number of unbranched alkanes of at least 4 members (excludes halogenated alkanes) is 18. The lowest BCUT2D eigenvalue weighted by Crippen LogP contribution is -2.64. The van der Waals surface area contributed by atoms with Gasteiger partial charge in [-0.1, -0.05) is 189 Å². The van der Waals surface area contributed by atoms with Crippen molar-refractivity contribution in [2.45, 2.75) is 236 Å². The summed E-state index contributed by atoms with van der Waals surface area (Å²) in [6.45, 7) is 4.03. The molecular formula is C55H95O12P. The Morgan fingerprint density at radius 1 is 0.471 bits per heavy atom. The first-order valence-corrected chi connectivity index (χ1v) is 27.9. The van der Waals surface area contributed by atoms with E-state index in [9.17, 15) is 39.8 Å². The largest absolute Gasteiger partial charge is 0.472 e.